The average molecular weight is 522 g/mol. The number of nitrogens with one attached hydrogen (secondary N) is 2. The van der Waals surface area contributed by atoms with Crippen molar-refractivity contribution in [3.8, 4) is 0 Å². The van der Waals surface area contributed by atoms with Gasteiger partial charge in [-0.1, -0.05) is 6.07 Å². The van der Waals surface area contributed by atoms with Crippen LogP contribution in [0, 0.1) is 12.7 Å². The Bertz CT molecular complexity index is 1440. The number of benzene rings is 1. The van der Waals surface area contributed by atoms with Gasteiger partial charge in [0.25, 0.3) is 0 Å². The summed E-state index contributed by atoms with van der Waals surface area (Å²) in [6.45, 7) is -2.07. The quantitative estimate of drug-likeness (QED) is 0.434. The average Bonchev–Trinajstić information content (AvgIpc) is 3.18. The van der Waals surface area contributed by atoms with Crippen LogP contribution in [-0.4, -0.2) is 49.1 Å². The summed E-state index contributed by atoms with van der Waals surface area (Å²) < 4.78 is 67.5. The van der Waals surface area contributed by atoms with Crippen LogP contribution in [0.5, 0.6) is 0 Å². The van der Waals surface area contributed by atoms with Gasteiger partial charge in [0, 0.05) is 24.6 Å². The summed E-state index contributed by atoms with van der Waals surface area (Å²) in [6.07, 6.45) is 3.34. The topological polar surface area (TPSA) is 120 Å². The predicted octanol–water partition coefficient (Wildman–Crippen LogP) is 3.18. The third-order valence-electron chi connectivity index (χ3n) is 5.53. The molecular weight excluding hydrogens is 499 g/mol. The molecular formula is C22H22F3N7O3S. The van der Waals surface area contributed by atoms with Crippen molar-refractivity contribution in [1.82, 2.24) is 15.0 Å². The first-order chi connectivity index (χ1) is 16.9. The normalized spacial score (nSPS) is 12.9. The van der Waals surface area contributed by atoms with Crippen LogP contribution >= 0.6 is 0 Å². The van der Waals surface area contributed by atoms with Crippen molar-refractivity contribution in [1.29, 1.82) is 0 Å². The second-order valence-corrected chi connectivity index (χ2v) is 10.2. The van der Waals surface area contributed by atoms with Crippen LogP contribution in [0.25, 0.3) is 0 Å². The van der Waals surface area contributed by atoms with Crippen molar-refractivity contribution in [2.45, 2.75) is 26.4 Å². The molecule has 0 saturated heterocycles. The highest BCUT2D eigenvalue weighted by Crippen LogP contribution is 2.29. The molecule has 2 aromatic heterocycles. The highest BCUT2D eigenvalue weighted by Gasteiger charge is 2.25. The van der Waals surface area contributed by atoms with Gasteiger partial charge in [0.05, 0.1) is 36.8 Å². The molecule has 3 aromatic rings. The number of anilines is 5. The molecule has 2 N–H and O–H groups in total. The van der Waals surface area contributed by atoms with Crippen molar-refractivity contribution in [3.63, 3.8) is 0 Å². The number of pyridine rings is 1. The van der Waals surface area contributed by atoms with Crippen LogP contribution < -0.4 is 19.8 Å². The van der Waals surface area contributed by atoms with E-state index in [4.69, 9.17) is 0 Å². The molecule has 0 bridgehead atoms. The summed E-state index contributed by atoms with van der Waals surface area (Å²) in [5.41, 5.74) is 2.67. The Morgan fingerprint density at radius 3 is 2.64 bits per heavy atom. The van der Waals surface area contributed by atoms with E-state index in [0.717, 1.165) is 22.3 Å². The number of fused-ring (bicyclic) bond motifs is 1. The lowest BCUT2D eigenvalue weighted by atomic mass is 10.1. The second kappa shape index (κ2) is 9.60. The number of amides is 1. The minimum absolute atomic E-state index is 0.138. The predicted molar refractivity (Wildman–Crippen MR) is 128 cm³/mol. The number of aryl methyl sites for hydroxylation is 1. The molecule has 0 unspecified atom stereocenters. The zero-order chi connectivity index (χ0) is 26.2. The fourth-order valence-corrected chi connectivity index (χ4v) is 4.16. The summed E-state index contributed by atoms with van der Waals surface area (Å²) in [7, 11) is -2.30. The molecule has 0 aliphatic carbocycles. The van der Waals surface area contributed by atoms with Gasteiger partial charge in [0.2, 0.25) is 21.9 Å². The number of carbonyl (C=O) groups excluding carboxylic acids is 1. The molecule has 0 radical (unpaired) electrons. The summed E-state index contributed by atoms with van der Waals surface area (Å²) in [4.78, 5) is 23.8. The maximum atomic E-state index is 14.6. The van der Waals surface area contributed by atoms with Crippen molar-refractivity contribution < 1.29 is 26.4 Å². The van der Waals surface area contributed by atoms with E-state index in [0.29, 0.717) is 22.0 Å². The lowest BCUT2D eigenvalue weighted by molar-refractivity contribution is -0.115. The number of halogens is 3. The number of hydrogen-bond donors (Lipinski definition) is 2. The number of hydrogen-bond acceptors (Lipinski definition) is 8. The number of alkyl halides is 2. The third kappa shape index (κ3) is 5.32. The molecule has 1 aliphatic rings. The SMILES string of the molecule is Cc1ncc(CN(c2nc(Nc3ccc4c(c3)NC(=O)C4)ncc2F)C(F)F)cc1N(C)S(C)(=O)=O. The lowest BCUT2D eigenvalue weighted by Crippen LogP contribution is -2.31. The van der Waals surface area contributed by atoms with Crippen molar-refractivity contribution in [2.24, 2.45) is 0 Å². The molecule has 36 heavy (non-hydrogen) atoms. The van der Waals surface area contributed by atoms with Crippen LogP contribution in [0.3, 0.4) is 0 Å². The van der Waals surface area contributed by atoms with Crippen molar-refractivity contribution >= 4 is 44.8 Å². The number of nitrogens with zero attached hydrogens (tertiary/aromatic N) is 5. The second-order valence-electron chi connectivity index (χ2n) is 8.17. The molecule has 1 aliphatic heterocycles. The van der Waals surface area contributed by atoms with Gasteiger partial charge >= 0.3 is 6.55 Å². The Kier molecular flexibility index (Phi) is 6.71. The fourth-order valence-electron chi connectivity index (χ4n) is 3.62. The Morgan fingerprint density at radius 1 is 1.19 bits per heavy atom. The lowest BCUT2D eigenvalue weighted by Gasteiger charge is -2.24. The molecule has 4 rings (SSSR count). The maximum Gasteiger partial charge on any atom is 0.316 e. The van der Waals surface area contributed by atoms with Crippen molar-refractivity contribution in [2.75, 3.05) is 33.1 Å². The molecule has 0 saturated carbocycles. The molecule has 0 atom stereocenters. The first-order valence-electron chi connectivity index (χ1n) is 10.6. The minimum Gasteiger partial charge on any atom is -0.325 e. The number of carbonyl (C=O) groups is 1. The minimum atomic E-state index is -3.62. The first kappa shape index (κ1) is 25.2. The van der Waals surface area contributed by atoms with Gasteiger partial charge in [-0.15, -0.1) is 0 Å². The van der Waals surface area contributed by atoms with Crippen LogP contribution in [0.2, 0.25) is 0 Å². The Morgan fingerprint density at radius 2 is 1.94 bits per heavy atom. The molecule has 0 fully saturated rings. The first-order valence-corrected chi connectivity index (χ1v) is 12.4. The zero-order valence-corrected chi connectivity index (χ0v) is 20.3. The van der Waals surface area contributed by atoms with Gasteiger partial charge in [-0.05, 0) is 36.2 Å². The molecule has 190 valence electrons. The fraction of sp³-hybridized carbons (Fsp3) is 0.273. The summed E-state index contributed by atoms with van der Waals surface area (Å²) in [5, 5.41) is 5.52. The van der Waals surface area contributed by atoms with Gasteiger partial charge in [-0.2, -0.15) is 13.8 Å². The van der Waals surface area contributed by atoms with Gasteiger partial charge in [-0.3, -0.25) is 19.0 Å². The van der Waals surface area contributed by atoms with E-state index in [1.165, 1.54) is 19.3 Å². The van der Waals surface area contributed by atoms with Gasteiger partial charge in [0.1, 0.15) is 0 Å². The maximum absolute atomic E-state index is 14.6. The van der Waals surface area contributed by atoms with Crippen LogP contribution in [-0.2, 0) is 27.8 Å². The van der Waals surface area contributed by atoms with Gasteiger partial charge in [-0.25, -0.2) is 17.8 Å². The van der Waals surface area contributed by atoms with Gasteiger partial charge in [0.15, 0.2) is 11.6 Å². The summed E-state index contributed by atoms with van der Waals surface area (Å²) >= 11 is 0. The Balaban J connectivity index is 1.62. The molecule has 0 spiro atoms. The molecule has 3 heterocycles. The van der Waals surface area contributed by atoms with E-state index >= 15 is 0 Å². The van der Waals surface area contributed by atoms with Crippen LogP contribution in [0.4, 0.5) is 42.0 Å². The smallest absolute Gasteiger partial charge is 0.316 e. The van der Waals surface area contributed by atoms with Gasteiger partial charge < -0.3 is 10.6 Å². The van der Waals surface area contributed by atoms with E-state index in [-0.39, 0.29) is 29.5 Å². The standard InChI is InChI=1S/C22H22F3N7O3S/c1-12-18(31(2)36(3,34)35)6-13(9-26-12)11-32(21(24)25)20-16(23)10-27-22(30-20)28-15-5-4-14-7-19(33)29-17(14)8-15/h4-6,8-10,21H,7,11H2,1-3H3,(H,29,33)(H,27,28,30). The Hall–Kier alpha value is -3.94. The molecule has 10 nitrogen and oxygen atoms in total. The summed E-state index contributed by atoms with van der Waals surface area (Å²) in [6, 6.07) is 6.42. The van der Waals surface area contributed by atoms with Crippen molar-refractivity contribution in [3.05, 3.63) is 59.3 Å². The third-order valence-corrected chi connectivity index (χ3v) is 6.72. The highest BCUT2D eigenvalue weighted by molar-refractivity contribution is 7.92. The summed E-state index contributed by atoms with van der Waals surface area (Å²) in [5.74, 6) is -2.02. The van der Waals surface area contributed by atoms with E-state index in [1.807, 2.05) is 0 Å². The van der Waals surface area contributed by atoms with E-state index < -0.39 is 34.8 Å². The van der Waals surface area contributed by atoms with Crippen LogP contribution in [0.1, 0.15) is 16.8 Å². The number of aromatic nitrogens is 3. The number of sulfonamides is 1. The monoisotopic (exact) mass is 521 g/mol. The number of rotatable bonds is 8. The van der Waals surface area contributed by atoms with E-state index in [2.05, 4.69) is 25.6 Å². The molecule has 1 amide bonds. The van der Waals surface area contributed by atoms with Crippen LogP contribution in [0.15, 0.2) is 36.7 Å². The highest BCUT2D eigenvalue weighted by atomic mass is 32.2. The van der Waals surface area contributed by atoms with E-state index in [1.54, 1.807) is 25.1 Å². The zero-order valence-electron chi connectivity index (χ0n) is 19.5. The molecule has 14 heteroatoms. The van der Waals surface area contributed by atoms with E-state index in [9.17, 15) is 26.4 Å². The molecule has 1 aromatic carbocycles. The Labute approximate surface area is 205 Å². The largest absolute Gasteiger partial charge is 0.325 e.